The molecule has 1 aliphatic rings. The molecule has 1 N–H and O–H groups in total. The standard InChI is InChI=1S/C15H22N2O2S/c1-17(13-8-2-3-10-16-15(13)19)14(18)9-4-6-12-7-5-11-20-12/h5,7,11,13H,2-4,6,8-10H2,1H3,(H,16,19). The Morgan fingerprint density at radius 3 is 3.10 bits per heavy atom. The lowest BCUT2D eigenvalue weighted by Crippen LogP contribution is -2.46. The number of thiophene rings is 1. The minimum absolute atomic E-state index is 0.00314. The highest BCUT2D eigenvalue weighted by atomic mass is 32.1. The molecule has 1 fully saturated rings. The van der Waals surface area contributed by atoms with E-state index in [1.54, 1.807) is 23.3 Å². The van der Waals surface area contributed by atoms with E-state index in [2.05, 4.69) is 16.8 Å². The zero-order chi connectivity index (χ0) is 14.4. The molecule has 0 aliphatic carbocycles. The van der Waals surface area contributed by atoms with Crippen molar-refractivity contribution in [2.75, 3.05) is 13.6 Å². The lowest BCUT2D eigenvalue weighted by Gasteiger charge is -2.25. The largest absolute Gasteiger partial charge is 0.354 e. The Balaban J connectivity index is 1.79. The van der Waals surface area contributed by atoms with Crippen molar-refractivity contribution in [1.29, 1.82) is 0 Å². The molecule has 0 radical (unpaired) electrons. The van der Waals surface area contributed by atoms with Crippen LogP contribution in [0.15, 0.2) is 17.5 Å². The van der Waals surface area contributed by atoms with Crippen LogP contribution in [-0.4, -0.2) is 36.3 Å². The normalized spacial score (nSPS) is 19.2. The van der Waals surface area contributed by atoms with Crippen molar-refractivity contribution in [2.45, 2.75) is 44.6 Å². The van der Waals surface area contributed by atoms with Crippen LogP contribution in [0.3, 0.4) is 0 Å². The molecule has 0 aromatic carbocycles. The summed E-state index contributed by atoms with van der Waals surface area (Å²) in [5.74, 6) is 0.0696. The van der Waals surface area contributed by atoms with E-state index in [-0.39, 0.29) is 17.9 Å². The minimum Gasteiger partial charge on any atom is -0.354 e. The molecule has 5 heteroatoms. The van der Waals surface area contributed by atoms with Crippen molar-refractivity contribution in [3.8, 4) is 0 Å². The second-order valence-corrected chi connectivity index (χ2v) is 6.27. The summed E-state index contributed by atoms with van der Waals surface area (Å²) in [6.45, 7) is 0.732. The fourth-order valence-electron chi connectivity index (χ4n) is 2.51. The monoisotopic (exact) mass is 294 g/mol. The number of nitrogens with zero attached hydrogens (tertiary/aromatic N) is 1. The summed E-state index contributed by atoms with van der Waals surface area (Å²) < 4.78 is 0. The maximum absolute atomic E-state index is 12.2. The molecule has 0 saturated carbocycles. The fourth-order valence-corrected chi connectivity index (χ4v) is 3.26. The van der Waals surface area contributed by atoms with Gasteiger partial charge >= 0.3 is 0 Å². The molecule has 110 valence electrons. The number of hydrogen-bond donors (Lipinski definition) is 1. The number of carbonyl (C=O) groups excluding carboxylic acids is 2. The third-order valence-corrected chi connectivity index (χ3v) is 4.70. The molecular formula is C15H22N2O2S. The molecule has 2 rings (SSSR count). The number of rotatable bonds is 5. The number of carbonyl (C=O) groups is 2. The summed E-state index contributed by atoms with van der Waals surface area (Å²) in [5, 5.41) is 4.93. The summed E-state index contributed by atoms with van der Waals surface area (Å²) in [6.07, 6.45) is 5.07. The minimum atomic E-state index is -0.285. The van der Waals surface area contributed by atoms with Gasteiger partial charge < -0.3 is 10.2 Å². The van der Waals surface area contributed by atoms with E-state index in [1.165, 1.54) is 4.88 Å². The van der Waals surface area contributed by atoms with Gasteiger partial charge in [0.05, 0.1) is 0 Å². The zero-order valence-corrected chi connectivity index (χ0v) is 12.7. The van der Waals surface area contributed by atoms with E-state index in [0.29, 0.717) is 6.42 Å². The molecule has 2 heterocycles. The van der Waals surface area contributed by atoms with Gasteiger partial charge in [-0.05, 0) is 43.6 Å². The summed E-state index contributed by atoms with van der Waals surface area (Å²) in [4.78, 5) is 27.0. The first kappa shape index (κ1) is 15.0. The topological polar surface area (TPSA) is 49.4 Å². The Labute approximate surface area is 124 Å². The molecule has 1 aliphatic heterocycles. The van der Waals surface area contributed by atoms with Crippen molar-refractivity contribution in [3.63, 3.8) is 0 Å². The van der Waals surface area contributed by atoms with Crippen molar-refractivity contribution in [1.82, 2.24) is 10.2 Å². The van der Waals surface area contributed by atoms with Crippen molar-refractivity contribution < 1.29 is 9.59 Å². The highest BCUT2D eigenvalue weighted by Gasteiger charge is 2.27. The first-order valence-corrected chi connectivity index (χ1v) is 8.12. The molecule has 1 aromatic rings. The molecule has 2 amide bonds. The van der Waals surface area contributed by atoms with E-state index in [0.717, 1.165) is 38.6 Å². The van der Waals surface area contributed by atoms with Crippen LogP contribution < -0.4 is 5.32 Å². The Kier molecular flexibility index (Phi) is 5.59. The van der Waals surface area contributed by atoms with E-state index >= 15 is 0 Å². The molecular weight excluding hydrogens is 272 g/mol. The van der Waals surface area contributed by atoms with Gasteiger partial charge in [-0.2, -0.15) is 0 Å². The van der Waals surface area contributed by atoms with Crippen molar-refractivity contribution in [2.24, 2.45) is 0 Å². The third kappa shape index (κ3) is 4.07. The number of likely N-dealkylation sites (N-methyl/N-ethyl adjacent to an activating group) is 1. The van der Waals surface area contributed by atoms with Crippen LogP contribution in [0.5, 0.6) is 0 Å². The van der Waals surface area contributed by atoms with Gasteiger partial charge in [0.1, 0.15) is 6.04 Å². The van der Waals surface area contributed by atoms with Crippen LogP contribution in [0, 0.1) is 0 Å². The lowest BCUT2D eigenvalue weighted by atomic mass is 10.1. The lowest BCUT2D eigenvalue weighted by molar-refractivity contribution is -0.138. The van der Waals surface area contributed by atoms with Gasteiger partial charge in [0.2, 0.25) is 11.8 Å². The van der Waals surface area contributed by atoms with Crippen LogP contribution in [-0.2, 0) is 16.0 Å². The predicted octanol–water partition coefficient (Wildman–Crippen LogP) is 2.20. The third-order valence-electron chi connectivity index (χ3n) is 3.76. The summed E-state index contributed by atoms with van der Waals surface area (Å²) >= 11 is 1.73. The maximum atomic E-state index is 12.2. The van der Waals surface area contributed by atoms with E-state index in [9.17, 15) is 9.59 Å². The average Bonchev–Trinajstić information content (AvgIpc) is 2.86. The van der Waals surface area contributed by atoms with Crippen LogP contribution >= 0.6 is 11.3 Å². The number of hydrogen-bond acceptors (Lipinski definition) is 3. The van der Waals surface area contributed by atoms with Crippen molar-refractivity contribution in [3.05, 3.63) is 22.4 Å². The smallest absolute Gasteiger partial charge is 0.242 e. The second-order valence-electron chi connectivity index (χ2n) is 5.24. The molecule has 0 spiro atoms. The Bertz CT molecular complexity index is 445. The van der Waals surface area contributed by atoms with Gasteiger partial charge in [0.15, 0.2) is 0 Å². The molecule has 1 aromatic heterocycles. The van der Waals surface area contributed by atoms with Gasteiger partial charge in [-0.15, -0.1) is 11.3 Å². The molecule has 1 atom stereocenters. The average molecular weight is 294 g/mol. The van der Waals surface area contributed by atoms with Crippen LogP contribution in [0.2, 0.25) is 0 Å². The van der Waals surface area contributed by atoms with Gasteiger partial charge in [0.25, 0.3) is 0 Å². The van der Waals surface area contributed by atoms with Gasteiger partial charge in [-0.25, -0.2) is 0 Å². The molecule has 20 heavy (non-hydrogen) atoms. The molecule has 1 saturated heterocycles. The summed E-state index contributed by atoms with van der Waals surface area (Å²) in [6, 6.07) is 3.84. The fraction of sp³-hybridized carbons (Fsp3) is 0.600. The zero-order valence-electron chi connectivity index (χ0n) is 11.9. The van der Waals surface area contributed by atoms with Gasteiger partial charge in [-0.1, -0.05) is 6.07 Å². The Morgan fingerprint density at radius 2 is 2.35 bits per heavy atom. The first-order chi connectivity index (χ1) is 9.68. The maximum Gasteiger partial charge on any atom is 0.242 e. The van der Waals surface area contributed by atoms with Crippen LogP contribution in [0.25, 0.3) is 0 Å². The summed E-state index contributed by atoms with van der Waals surface area (Å²) in [5.41, 5.74) is 0. The highest BCUT2D eigenvalue weighted by Crippen LogP contribution is 2.15. The Hall–Kier alpha value is -1.36. The molecule has 4 nitrogen and oxygen atoms in total. The molecule has 0 bridgehead atoms. The predicted molar refractivity (Wildman–Crippen MR) is 80.7 cm³/mol. The van der Waals surface area contributed by atoms with E-state index < -0.39 is 0 Å². The van der Waals surface area contributed by atoms with Crippen LogP contribution in [0.1, 0.15) is 37.0 Å². The SMILES string of the molecule is CN(C(=O)CCCc1cccs1)C1CCCCNC1=O. The van der Waals surface area contributed by atoms with Gasteiger partial charge in [-0.3, -0.25) is 9.59 Å². The van der Waals surface area contributed by atoms with E-state index in [1.807, 2.05) is 6.07 Å². The summed E-state index contributed by atoms with van der Waals surface area (Å²) in [7, 11) is 1.75. The molecule has 1 unspecified atom stereocenters. The van der Waals surface area contributed by atoms with Crippen LogP contribution in [0.4, 0.5) is 0 Å². The van der Waals surface area contributed by atoms with Gasteiger partial charge in [0, 0.05) is 24.9 Å². The first-order valence-electron chi connectivity index (χ1n) is 7.24. The number of amides is 2. The van der Waals surface area contributed by atoms with Crippen molar-refractivity contribution >= 4 is 23.2 Å². The second kappa shape index (κ2) is 7.43. The van der Waals surface area contributed by atoms with E-state index in [4.69, 9.17) is 0 Å². The Morgan fingerprint density at radius 1 is 1.50 bits per heavy atom. The quantitative estimate of drug-likeness (QED) is 0.905. The number of aryl methyl sites for hydroxylation is 1. The highest BCUT2D eigenvalue weighted by molar-refractivity contribution is 7.09. The number of nitrogens with one attached hydrogen (secondary N) is 1.